The Labute approximate surface area is 131 Å². The van der Waals surface area contributed by atoms with Gasteiger partial charge in [0.05, 0.1) is 0 Å². The van der Waals surface area contributed by atoms with E-state index in [-0.39, 0.29) is 0 Å². The summed E-state index contributed by atoms with van der Waals surface area (Å²) in [6, 6.07) is 0. The van der Waals surface area contributed by atoms with Crippen molar-refractivity contribution in [2.24, 2.45) is 34.5 Å². The van der Waals surface area contributed by atoms with Crippen molar-refractivity contribution in [1.29, 1.82) is 0 Å². The van der Waals surface area contributed by atoms with E-state index < -0.39 is 0 Å². The Morgan fingerprint density at radius 1 is 0.905 bits per heavy atom. The molecule has 1 atom stereocenters. The molecule has 0 nitrogen and oxygen atoms in total. The average Bonchev–Trinajstić information content (AvgIpc) is 2.45. The van der Waals surface area contributed by atoms with Crippen LogP contribution in [-0.2, 0) is 0 Å². The van der Waals surface area contributed by atoms with Crippen LogP contribution in [0.4, 0.5) is 0 Å². The van der Waals surface area contributed by atoms with Gasteiger partial charge in [-0.1, -0.05) is 45.3 Å². The highest BCUT2D eigenvalue weighted by atomic mass is 14.6. The molecule has 2 fully saturated rings. The first-order chi connectivity index (χ1) is 10.0. The monoisotopic (exact) mass is 286 g/mol. The van der Waals surface area contributed by atoms with Gasteiger partial charge in [-0.3, -0.25) is 0 Å². The second-order valence-electron chi connectivity index (χ2n) is 9.46. The van der Waals surface area contributed by atoms with Gasteiger partial charge in [0.2, 0.25) is 0 Å². The fraction of sp³-hybridized carbons (Fsp3) is 0.905. The molecule has 2 saturated carbocycles. The molecule has 0 aromatic rings. The number of hydrogen-bond donors (Lipinski definition) is 0. The van der Waals surface area contributed by atoms with E-state index in [0.29, 0.717) is 5.41 Å². The molecule has 2 bridgehead atoms. The minimum Gasteiger partial charge on any atom is -0.0670 e. The highest BCUT2D eigenvalue weighted by molar-refractivity contribution is 5.38. The molecule has 0 N–H and O–H groups in total. The summed E-state index contributed by atoms with van der Waals surface area (Å²) in [4.78, 5) is 0. The Bertz CT molecular complexity index is 452. The Kier molecular flexibility index (Phi) is 3.15. The summed E-state index contributed by atoms with van der Waals surface area (Å²) in [5, 5.41) is 0. The summed E-state index contributed by atoms with van der Waals surface area (Å²) < 4.78 is 0. The number of rotatable bonds is 2. The molecular formula is C21H34. The summed E-state index contributed by atoms with van der Waals surface area (Å²) in [7, 11) is 0. The zero-order valence-corrected chi connectivity index (χ0v) is 14.7. The van der Waals surface area contributed by atoms with Gasteiger partial charge in [0.25, 0.3) is 0 Å². The Morgan fingerprint density at radius 2 is 1.57 bits per heavy atom. The standard InChI is InChI=1S/C21H34/c1-14(2)18-19-17(8-11-20(18)9-5-10-20)16-6-12-21(19,13-7-16)15(3)4/h14-16,18H,5-13H2,1-4H3. The van der Waals surface area contributed by atoms with Crippen molar-refractivity contribution in [1.82, 2.24) is 0 Å². The van der Waals surface area contributed by atoms with Crippen LogP contribution in [0.3, 0.4) is 0 Å². The molecule has 0 saturated heterocycles. The minimum absolute atomic E-state index is 0.599. The molecule has 5 aliphatic rings. The number of hydrogen-bond acceptors (Lipinski definition) is 0. The van der Waals surface area contributed by atoms with Crippen molar-refractivity contribution in [2.45, 2.75) is 85.5 Å². The molecule has 0 amide bonds. The van der Waals surface area contributed by atoms with E-state index in [1.807, 2.05) is 11.1 Å². The summed E-state index contributed by atoms with van der Waals surface area (Å²) in [5.41, 5.74) is 5.35. The van der Waals surface area contributed by atoms with Crippen LogP contribution in [0.25, 0.3) is 0 Å². The molecule has 0 aromatic carbocycles. The zero-order valence-electron chi connectivity index (χ0n) is 14.7. The predicted molar refractivity (Wildman–Crippen MR) is 90.1 cm³/mol. The van der Waals surface area contributed by atoms with Crippen molar-refractivity contribution < 1.29 is 0 Å². The van der Waals surface area contributed by atoms with E-state index in [1.165, 1.54) is 57.8 Å². The van der Waals surface area contributed by atoms with E-state index in [2.05, 4.69) is 27.7 Å². The van der Waals surface area contributed by atoms with Crippen LogP contribution in [0.15, 0.2) is 11.1 Å². The van der Waals surface area contributed by atoms with Gasteiger partial charge >= 0.3 is 0 Å². The lowest BCUT2D eigenvalue weighted by Crippen LogP contribution is -2.52. The van der Waals surface area contributed by atoms with Gasteiger partial charge in [0, 0.05) is 0 Å². The molecule has 0 radical (unpaired) electrons. The third-order valence-corrected chi connectivity index (χ3v) is 8.24. The van der Waals surface area contributed by atoms with Crippen LogP contribution in [0.1, 0.15) is 85.5 Å². The van der Waals surface area contributed by atoms with E-state index in [4.69, 9.17) is 0 Å². The van der Waals surface area contributed by atoms with Crippen molar-refractivity contribution in [3.05, 3.63) is 11.1 Å². The first-order valence-corrected chi connectivity index (χ1v) is 9.74. The Hall–Kier alpha value is -0.260. The Morgan fingerprint density at radius 3 is 2.05 bits per heavy atom. The molecular weight excluding hydrogens is 252 g/mol. The highest BCUT2D eigenvalue weighted by Gasteiger charge is 2.58. The molecule has 0 aromatic heterocycles. The van der Waals surface area contributed by atoms with Crippen LogP contribution >= 0.6 is 0 Å². The third kappa shape index (κ3) is 1.74. The third-order valence-electron chi connectivity index (χ3n) is 8.24. The van der Waals surface area contributed by atoms with Gasteiger partial charge in [-0.2, -0.15) is 0 Å². The molecule has 0 heteroatoms. The van der Waals surface area contributed by atoms with Crippen molar-refractivity contribution in [3.8, 4) is 0 Å². The molecule has 0 heterocycles. The predicted octanol–water partition coefficient (Wildman–Crippen LogP) is 6.37. The quantitative estimate of drug-likeness (QED) is 0.518. The van der Waals surface area contributed by atoms with Crippen LogP contribution < -0.4 is 0 Å². The van der Waals surface area contributed by atoms with Gasteiger partial charge in [-0.25, -0.2) is 0 Å². The van der Waals surface area contributed by atoms with Gasteiger partial charge in [-0.15, -0.1) is 0 Å². The average molecular weight is 287 g/mol. The Balaban J connectivity index is 1.86. The highest BCUT2D eigenvalue weighted by Crippen LogP contribution is 2.69. The van der Waals surface area contributed by atoms with Crippen LogP contribution in [0.5, 0.6) is 0 Å². The smallest absolute Gasteiger partial charge is 0.00588 e. The summed E-state index contributed by atoms with van der Waals surface area (Å²) in [5.74, 6) is 3.62. The second kappa shape index (κ2) is 4.62. The van der Waals surface area contributed by atoms with E-state index in [0.717, 1.165) is 29.1 Å². The van der Waals surface area contributed by atoms with Gasteiger partial charge < -0.3 is 0 Å². The van der Waals surface area contributed by atoms with Crippen molar-refractivity contribution in [2.75, 3.05) is 0 Å². The van der Waals surface area contributed by atoms with Gasteiger partial charge in [0.1, 0.15) is 0 Å². The molecule has 5 rings (SSSR count). The maximum absolute atomic E-state index is 2.52. The summed E-state index contributed by atoms with van der Waals surface area (Å²) >= 11 is 0. The zero-order chi connectivity index (χ0) is 14.8. The van der Waals surface area contributed by atoms with E-state index >= 15 is 0 Å². The second-order valence-corrected chi connectivity index (χ2v) is 9.46. The fourth-order valence-electron chi connectivity index (χ4n) is 7.10. The normalized spacial score (nSPS) is 40.9. The maximum atomic E-state index is 2.52. The molecule has 21 heavy (non-hydrogen) atoms. The number of allylic oxidation sites excluding steroid dienone is 2. The molecule has 0 aliphatic heterocycles. The fourth-order valence-corrected chi connectivity index (χ4v) is 7.10. The molecule has 1 unspecified atom stereocenters. The SMILES string of the molecule is CC(C)C1C2=C(CCC13CCC3)C1CCC2(C(C)C)CC1. The number of fused-ring (bicyclic) bond motifs is 2. The van der Waals surface area contributed by atoms with Crippen LogP contribution in [0.2, 0.25) is 0 Å². The van der Waals surface area contributed by atoms with Crippen LogP contribution in [-0.4, -0.2) is 0 Å². The molecule has 1 spiro atoms. The molecule has 5 aliphatic carbocycles. The van der Waals surface area contributed by atoms with Crippen molar-refractivity contribution in [3.63, 3.8) is 0 Å². The molecule has 118 valence electrons. The first kappa shape index (κ1) is 14.3. The first-order valence-electron chi connectivity index (χ1n) is 9.74. The van der Waals surface area contributed by atoms with E-state index in [1.54, 1.807) is 0 Å². The largest absolute Gasteiger partial charge is 0.0670 e. The van der Waals surface area contributed by atoms with Crippen LogP contribution in [0, 0.1) is 34.5 Å². The van der Waals surface area contributed by atoms with E-state index in [9.17, 15) is 0 Å². The minimum atomic E-state index is 0.599. The topological polar surface area (TPSA) is 0 Å². The lowest BCUT2D eigenvalue weighted by atomic mass is 9.42. The van der Waals surface area contributed by atoms with Gasteiger partial charge in [0.15, 0.2) is 0 Å². The maximum Gasteiger partial charge on any atom is -0.00588 e. The summed E-state index contributed by atoms with van der Waals surface area (Å²) in [6.07, 6.45) is 13.6. The lowest BCUT2D eigenvalue weighted by Gasteiger charge is -2.63. The summed E-state index contributed by atoms with van der Waals surface area (Å²) in [6.45, 7) is 10.1. The lowest BCUT2D eigenvalue weighted by molar-refractivity contribution is -0.0222. The van der Waals surface area contributed by atoms with Gasteiger partial charge in [-0.05, 0) is 85.9 Å². The van der Waals surface area contributed by atoms with Crippen molar-refractivity contribution >= 4 is 0 Å².